The number of aromatic nitrogens is 6. The largest absolute Gasteiger partial charge is 0.511 e. The van der Waals surface area contributed by atoms with Crippen molar-refractivity contribution in [3.8, 4) is 28.5 Å². The summed E-state index contributed by atoms with van der Waals surface area (Å²) >= 11 is 0. The lowest BCUT2D eigenvalue weighted by atomic mass is 9.98. The lowest BCUT2D eigenvalue weighted by molar-refractivity contribution is -0.528. The summed E-state index contributed by atoms with van der Waals surface area (Å²) in [6.45, 7) is 3.71. The number of imidazole rings is 1. The molecule has 21 nitrogen and oxygen atoms in total. The third-order valence-electron chi connectivity index (χ3n) is 7.38. The van der Waals surface area contributed by atoms with Crippen LogP contribution in [0.3, 0.4) is 0 Å². The normalized spacial score (nSPS) is 12.3. The summed E-state index contributed by atoms with van der Waals surface area (Å²) in [5.74, 6) is -2.11. The molecule has 0 aliphatic heterocycles. The van der Waals surface area contributed by atoms with Gasteiger partial charge < -0.3 is 23.7 Å². The van der Waals surface area contributed by atoms with Crippen LogP contribution in [-0.4, -0.2) is 119 Å². The molecule has 1 atom stereocenters. The van der Waals surface area contributed by atoms with Crippen molar-refractivity contribution >= 4 is 23.2 Å². The maximum atomic E-state index is 13.6. The van der Waals surface area contributed by atoms with Crippen LogP contribution in [0.2, 0.25) is 0 Å². The molecule has 5 aromatic rings. The highest BCUT2D eigenvalue weighted by Gasteiger charge is 2.31. The van der Waals surface area contributed by atoms with E-state index in [4.69, 9.17) is 44.5 Å². The van der Waals surface area contributed by atoms with Gasteiger partial charge in [-0.1, -0.05) is 54.6 Å². The van der Waals surface area contributed by atoms with Crippen molar-refractivity contribution in [3.05, 3.63) is 77.9 Å². The quantitative estimate of drug-likeness (QED) is 0.0348. The molecule has 0 fully saturated rings. The highest BCUT2D eigenvalue weighted by atomic mass is 17.1. The predicted octanol–water partition coefficient (Wildman–Crippen LogP) is 3.79. The zero-order valence-corrected chi connectivity index (χ0v) is 29.3. The maximum absolute atomic E-state index is 13.6. The first-order chi connectivity index (χ1) is 25.9. The molecule has 21 heteroatoms. The van der Waals surface area contributed by atoms with Crippen LogP contribution in [0.15, 0.2) is 66.7 Å². The summed E-state index contributed by atoms with van der Waals surface area (Å²) in [5.41, 5.74) is 4.62. The molecular formula is C33H38N8O13. The number of benzene rings is 3. The number of H-pyrrole nitrogens is 1. The smallest absolute Gasteiger partial charge is 0.465 e. The number of hydrogen-bond donors (Lipinski definition) is 5. The molecule has 5 rings (SSSR count). The fourth-order valence-electron chi connectivity index (χ4n) is 5.21. The summed E-state index contributed by atoms with van der Waals surface area (Å²) in [7, 11) is 0. The van der Waals surface area contributed by atoms with E-state index in [1.165, 1.54) is 13.8 Å². The van der Waals surface area contributed by atoms with E-state index in [2.05, 4.69) is 35.3 Å². The van der Waals surface area contributed by atoms with Gasteiger partial charge in [-0.15, -0.1) is 10.2 Å². The Bertz CT molecular complexity index is 1970. The van der Waals surface area contributed by atoms with E-state index in [0.29, 0.717) is 29.5 Å². The van der Waals surface area contributed by atoms with Crippen molar-refractivity contribution in [1.82, 2.24) is 41.0 Å². The summed E-state index contributed by atoms with van der Waals surface area (Å²) < 4.78 is 28.7. The Morgan fingerprint density at radius 2 is 1.67 bits per heavy atom. The van der Waals surface area contributed by atoms with E-state index in [1.54, 1.807) is 22.8 Å². The lowest BCUT2D eigenvalue weighted by Crippen LogP contribution is -2.35. The summed E-state index contributed by atoms with van der Waals surface area (Å²) in [6, 6.07) is 20.8. The summed E-state index contributed by atoms with van der Waals surface area (Å²) in [6.07, 6.45) is -2.37. The number of para-hydroxylation sites is 1. The number of nitrogens with zero attached hydrogens (tertiary/aromatic N) is 7. The monoisotopic (exact) mass is 754 g/mol. The number of esters is 1. The van der Waals surface area contributed by atoms with Crippen LogP contribution in [0.5, 0.6) is 6.01 Å². The van der Waals surface area contributed by atoms with Gasteiger partial charge in [-0.3, -0.25) is 25.4 Å². The second kappa shape index (κ2) is 18.4. The average Bonchev–Trinajstić information content (AvgIpc) is 3.79. The van der Waals surface area contributed by atoms with Gasteiger partial charge in [0.05, 0.1) is 53.7 Å². The molecule has 0 saturated heterocycles. The van der Waals surface area contributed by atoms with Gasteiger partial charge in [-0.2, -0.15) is 10.2 Å². The molecule has 0 saturated carbocycles. The Kier molecular flexibility index (Phi) is 13.5. The Morgan fingerprint density at radius 1 is 0.907 bits per heavy atom. The van der Waals surface area contributed by atoms with E-state index in [1.807, 2.05) is 55.5 Å². The van der Waals surface area contributed by atoms with Gasteiger partial charge in [0.15, 0.2) is 0 Å². The highest BCUT2D eigenvalue weighted by Crippen LogP contribution is 2.31. The van der Waals surface area contributed by atoms with Crippen LogP contribution in [0.1, 0.15) is 36.7 Å². The van der Waals surface area contributed by atoms with Crippen molar-refractivity contribution in [2.75, 3.05) is 33.0 Å². The van der Waals surface area contributed by atoms with Gasteiger partial charge in [0.1, 0.15) is 19.3 Å². The third kappa shape index (κ3) is 10.7. The lowest BCUT2D eigenvalue weighted by Gasteiger charge is -2.24. The number of rotatable bonds is 19. The molecule has 54 heavy (non-hydrogen) atoms. The van der Waals surface area contributed by atoms with Crippen LogP contribution in [0.25, 0.3) is 33.5 Å². The molecule has 0 aliphatic rings. The molecule has 3 aromatic carbocycles. The van der Waals surface area contributed by atoms with Crippen molar-refractivity contribution < 1.29 is 63.8 Å². The molecular weight excluding hydrogens is 716 g/mol. The summed E-state index contributed by atoms with van der Waals surface area (Å²) in [4.78, 5) is 39.5. The maximum Gasteiger partial charge on any atom is 0.511 e. The first-order valence-corrected chi connectivity index (χ1v) is 16.3. The predicted molar refractivity (Wildman–Crippen MR) is 179 cm³/mol. The Labute approximate surface area is 306 Å². The molecule has 5 N–H and O–H groups in total. The van der Waals surface area contributed by atoms with Crippen molar-refractivity contribution in [2.45, 2.75) is 39.2 Å². The third-order valence-corrected chi connectivity index (χ3v) is 7.38. The topological polar surface area (TPSA) is 258 Å². The van der Waals surface area contributed by atoms with Gasteiger partial charge in [-0.25, -0.2) is 19.3 Å². The molecule has 2 aromatic heterocycles. The number of aromatic amines is 1. The number of fused-ring (bicyclic) bond motifs is 1. The Balaban J connectivity index is 1.24. The van der Waals surface area contributed by atoms with Gasteiger partial charge >= 0.3 is 12.1 Å². The van der Waals surface area contributed by atoms with Gasteiger partial charge in [0.2, 0.25) is 5.82 Å². The molecule has 0 bridgehead atoms. The molecule has 0 radical (unpaired) electrons. The van der Waals surface area contributed by atoms with E-state index < -0.39 is 41.4 Å². The van der Waals surface area contributed by atoms with Crippen LogP contribution in [0.4, 0.5) is 4.79 Å². The SMILES string of the molecule is CCOc1nc2cccc(C(=O)OC(C)(C)OC(=O)OCCOCC(CON(O)O)ON(O)O)c2n1Cc1ccc(-c2ccccc2-c2nn[nH]n2)cc1. The van der Waals surface area contributed by atoms with E-state index in [0.717, 1.165) is 22.3 Å². The fraction of sp³-hybridized carbons (Fsp3) is 0.333. The fourth-order valence-corrected chi connectivity index (χ4v) is 5.21. The van der Waals surface area contributed by atoms with Gasteiger partial charge in [-0.05, 0) is 41.0 Å². The van der Waals surface area contributed by atoms with Crippen molar-refractivity contribution in [2.24, 2.45) is 0 Å². The summed E-state index contributed by atoms with van der Waals surface area (Å²) in [5, 5.41) is 48.1. The Morgan fingerprint density at radius 3 is 2.35 bits per heavy atom. The van der Waals surface area contributed by atoms with Gasteiger partial charge in [0.25, 0.3) is 11.8 Å². The minimum Gasteiger partial charge on any atom is -0.465 e. The second-order valence-corrected chi connectivity index (χ2v) is 11.7. The standard InChI is InChI=1S/C33H38N8O13/c1-4-49-31-34-27-11-7-10-26(30(42)52-33(2,3)53-32(43)50-17-16-48-19-23(54-41(46)47)20-51-40(44)45)28(27)39(31)18-21-12-14-22(15-13-21)24-8-5-6-9-25(24)29-35-37-38-36-29/h5-15,23,44-47H,4,16-20H2,1-3H3,(H,35,36,37,38). The zero-order chi connectivity index (χ0) is 38.7. The first-order valence-electron chi connectivity index (χ1n) is 16.3. The number of nitrogens with one attached hydrogen (secondary N) is 1. The second-order valence-electron chi connectivity index (χ2n) is 11.7. The molecule has 0 spiro atoms. The van der Waals surface area contributed by atoms with Crippen LogP contribution in [0, 0.1) is 0 Å². The number of carbonyl (C=O) groups is 2. The van der Waals surface area contributed by atoms with Gasteiger partial charge in [0, 0.05) is 19.4 Å². The number of ether oxygens (including phenoxy) is 5. The van der Waals surface area contributed by atoms with E-state index in [-0.39, 0.29) is 31.9 Å². The molecule has 0 aliphatic carbocycles. The van der Waals surface area contributed by atoms with Crippen molar-refractivity contribution in [3.63, 3.8) is 0 Å². The minimum atomic E-state index is -1.78. The molecule has 2 heterocycles. The highest BCUT2D eigenvalue weighted by molar-refractivity contribution is 6.02. The number of carbonyl (C=O) groups excluding carboxylic acids is 2. The first kappa shape index (κ1) is 39.6. The molecule has 1 unspecified atom stereocenters. The Hall–Kier alpha value is -5.62. The van der Waals surface area contributed by atoms with Crippen LogP contribution >= 0.6 is 0 Å². The average molecular weight is 755 g/mol. The molecule has 0 amide bonds. The number of tetrazole rings is 1. The van der Waals surface area contributed by atoms with Crippen LogP contribution in [-0.2, 0) is 35.2 Å². The number of hydrogen-bond acceptors (Lipinski definition) is 19. The minimum absolute atomic E-state index is 0.144. The van der Waals surface area contributed by atoms with Crippen molar-refractivity contribution in [1.29, 1.82) is 0 Å². The van der Waals surface area contributed by atoms with E-state index >= 15 is 0 Å². The zero-order valence-electron chi connectivity index (χ0n) is 29.3. The molecule has 288 valence electrons. The van der Waals surface area contributed by atoms with Crippen LogP contribution < -0.4 is 4.74 Å². The van der Waals surface area contributed by atoms with E-state index in [9.17, 15) is 9.59 Å².